The first-order valence-corrected chi connectivity index (χ1v) is 7.69. The van der Waals surface area contributed by atoms with Crippen LogP contribution >= 0.6 is 0 Å². The van der Waals surface area contributed by atoms with Crippen molar-refractivity contribution in [2.24, 2.45) is 23.5 Å². The third kappa shape index (κ3) is 3.47. The number of hydrogen-bond acceptors (Lipinski definition) is 2. The van der Waals surface area contributed by atoms with Crippen LogP contribution in [0.5, 0.6) is 0 Å². The average Bonchev–Trinajstić information content (AvgIpc) is 2.39. The minimum atomic E-state index is 0.292. The quantitative estimate of drug-likeness (QED) is 0.838. The summed E-state index contributed by atoms with van der Waals surface area (Å²) in [6.07, 6.45) is 8.24. The molecule has 0 aromatic rings. The molecule has 2 aliphatic rings. The number of rotatable bonds is 3. The SMILES string of the molecule is CC1CCCN(C(=O)C2CCCC(CCN)C2)C1. The van der Waals surface area contributed by atoms with E-state index in [4.69, 9.17) is 5.73 Å². The lowest BCUT2D eigenvalue weighted by Gasteiger charge is -2.36. The minimum Gasteiger partial charge on any atom is -0.342 e. The van der Waals surface area contributed by atoms with E-state index in [1.54, 1.807) is 0 Å². The first kappa shape index (κ1) is 13.9. The molecule has 1 amide bonds. The third-order valence-electron chi connectivity index (χ3n) is 4.68. The van der Waals surface area contributed by atoms with E-state index in [0.717, 1.165) is 38.9 Å². The maximum absolute atomic E-state index is 12.5. The van der Waals surface area contributed by atoms with E-state index in [0.29, 0.717) is 23.7 Å². The highest BCUT2D eigenvalue weighted by molar-refractivity contribution is 5.79. The molecule has 2 fully saturated rings. The smallest absolute Gasteiger partial charge is 0.225 e. The van der Waals surface area contributed by atoms with Gasteiger partial charge in [-0.15, -0.1) is 0 Å². The topological polar surface area (TPSA) is 46.3 Å². The van der Waals surface area contributed by atoms with Crippen LogP contribution < -0.4 is 5.73 Å². The summed E-state index contributed by atoms with van der Waals surface area (Å²) in [5.74, 6) is 2.11. The molecule has 0 aromatic carbocycles. The van der Waals surface area contributed by atoms with Gasteiger partial charge >= 0.3 is 0 Å². The zero-order chi connectivity index (χ0) is 13.0. The van der Waals surface area contributed by atoms with Crippen molar-refractivity contribution >= 4 is 5.91 Å². The summed E-state index contributed by atoms with van der Waals surface area (Å²) in [4.78, 5) is 14.7. The zero-order valence-corrected chi connectivity index (χ0v) is 11.7. The van der Waals surface area contributed by atoms with Crippen molar-refractivity contribution in [3.63, 3.8) is 0 Å². The fourth-order valence-electron chi connectivity index (χ4n) is 3.66. The number of piperidine rings is 1. The molecular weight excluding hydrogens is 224 g/mol. The van der Waals surface area contributed by atoms with Crippen molar-refractivity contribution in [3.05, 3.63) is 0 Å². The van der Waals surface area contributed by atoms with Crippen LogP contribution in [-0.4, -0.2) is 30.4 Å². The van der Waals surface area contributed by atoms with Gasteiger partial charge in [0.15, 0.2) is 0 Å². The van der Waals surface area contributed by atoms with Gasteiger partial charge in [0, 0.05) is 19.0 Å². The summed E-state index contributed by atoms with van der Waals surface area (Å²) in [7, 11) is 0. The van der Waals surface area contributed by atoms with Gasteiger partial charge in [-0.1, -0.05) is 19.8 Å². The monoisotopic (exact) mass is 252 g/mol. The fourth-order valence-corrected chi connectivity index (χ4v) is 3.66. The summed E-state index contributed by atoms with van der Waals surface area (Å²) >= 11 is 0. The molecule has 3 heteroatoms. The summed E-state index contributed by atoms with van der Waals surface area (Å²) in [5.41, 5.74) is 5.65. The highest BCUT2D eigenvalue weighted by Crippen LogP contribution is 2.32. The standard InChI is InChI=1S/C15H28N2O/c1-12-4-3-9-17(11-12)15(18)14-6-2-5-13(10-14)7-8-16/h12-14H,2-11,16H2,1H3. The predicted octanol–water partition coefficient (Wildman–Crippen LogP) is 2.40. The molecule has 3 atom stereocenters. The Hall–Kier alpha value is -0.570. The lowest BCUT2D eigenvalue weighted by Crippen LogP contribution is -2.43. The Balaban J connectivity index is 1.87. The van der Waals surface area contributed by atoms with Gasteiger partial charge in [-0.2, -0.15) is 0 Å². The second-order valence-corrected chi connectivity index (χ2v) is 6.34. The fraction of sp³-hybridized carbons (Fsp3) is 0.933. The number of nitrogens with two attached hydrogens (primary N) is 1. The average molecular weight is 252 g/mol. The van der Waals surface area contributed by atoms with Crippen LogP contribution in [-0.2, 0) is 4.79 Å². The summed E-state index contributed by atoms with van der Waals surface area (Å²) in [6.45, 7) is 5.00. The Labute approximate surface area is 111 Å². The number of carbonyl (C=O) groups is 1. The number of likely N-dealkylation sites (tertiary alicyclic amines) is 1. The van der Waals surface area contributed by atoms with Gasteiger partial charge in [-0.25, -0.2) is 0 Å². The molecule has 0 radical (unpaired) electrons. The highest BCUT2D eigenvalue weighted by Gasteiger charge is 2.31. The van der Waals surface area contributed by atoms with E-state index in [-0.39, 0.29) is 0 Å². The van der Waals surface area contributed by atoms with Gasteiger partial charge in [-0.3, -0.25) is 4.79 Å². The van der Waals surface area contributed by atoms with Gasteiger partial charge in [0.05, 0.1) is 0 Å². The molecule has 3 nitrogen and oxygen atoms in total. The first-order valence-electron chi connectivity index (χ1n) is 7.69. The number of hydrogen-bond donors (Lipinski definition) is 1. The Morgan fingerprint density at radius 1 is 1.28 bits per heavy atom. The van der Waals surface area contributed by atoms with E-state index in [2.05, 4.69) is 11.8 Å². The molecule has 1 aliphatic heterocycles. The third-order valence-corrected chi connectivity index (χ3v) is 4.68. The Morgan fingerprint density at radius 2 is 2.11 bits per heavy atom. The predicted molar refractivity (Wildman–Crippen MR) is 74.1 cm³/mol. The van der Waals surface area contributed by atoms with Crippen LogP contribution in [0, 0.1) is 17.8 Å². The molecule has 3 unspecified atom stereocenters. The van der Waals surface area contributed by atoms with Crippen molar-refractivity contribution in [3.8, 4) is 0 Å². The highest BCUT2D eigenvalue weighted by atomic mass is 16.2. The van der Waals surface area contributed by atoms with Crippen LogP contribution in [0.1, 0.15) is 51.9 Å². The van der Waals surface area contributed by atoms with Gasteiger partial charge in [-0.05, 0) is 50.5 Å². The van der Waals surface area contributed by atoms with E-state index in [1.807, 2.05) is 0 Å². The van der Waals surface area contributed by atoms with Crippen molar-refractivity contribution in [1.29, 1.82) is 0 Å². The molecule has 0 bridgehead atoms. The normalized spacial score (nSPS) is 33.4. The molecule has 18 heavy (non-hydrogen) atoms. The number of amides is 1. The molecule has 1 heterocycles. The molecule has 2 rings (SSSR count). The number of nitrogens with zero attached hydrogens (tertiary/aromatic N) is 1. The summed E-state index contributed by atoms with van der Waals surface area (Å²) in [6, 6.07) is 0. The van der Waals surface area contributed by atoms with Gasteiger partial charge in [0.2, 0.25) is 5.91 Å². The van der Waals surface area contributed by atoms with Crippen LogP contribution in [0.4, 0.5) is 0 Å². The van der Waals surface area contributed by atoms with Gasteiger partial charge in [0.25, 0.3) is 0 Å². The summed E-state index contributed by atoms with van der Waals surface area (Å²) < 4.78 is 0. The lowest BCUT2D eigenvalue weighted by atomic mass is 9.79. The molecule has 104 valence electrons. The molecule has 1 aliphatic carbocycles. The van der Waals surface area contributed by atoms with Crippen LogP contribution in [0.3, 0.4) is 0 Å². The number of carbonyl (C=O) groups excluding carboxylic acids is 1. The van der Waals surface area contributed by atoms with Gasteiger partial charge in [0.1, 0.15) is 0 Å². The maximum atomic E-state index is 12.5. The lowest BCUT2D eigenvalue weighted by molar-refractivity contribution is -0.138. The van der Waals surface area contributed by atoms with E-state index in [9.17, 15) is 4.79 Å². The molecule has 2 N–H and O–H groups in total. The first-order chi connectivity index (χ1) is 8.70. The van der Waals surface area contributed by atoms with E-state index < -0.39 is 0 Å². The zero-order valence-electron chi connectivity index (χ0n) is 11.7. The largest absolute Gasteiger partial charge is 0.342 e. The van der Waals surface area contributed by atoms with Crippen LogP contribution in [0.15, 0.2) is 0 Å². The maximum Gasteiger partial charge on any atom is 0.225 e. The molecule has 1 saturated heterocycles. The second-order valence-electron chi connectivity index (χ2n) is 6.34. The molecular formula is C15H28N2O. The van der Waals surface area contributed by atoms with Crippen molar-refractivity contribution in [2.75, 3.05) is 19.6 Å². The van der Waals surface area contributed by atoms with Crippen molar-refractivity contribution in [2.45, 2.75) is 51.9 Å². The van der Waals surface area contributed by atoms with Crippen molar-refractivity contribution in [1.82, 2.24) is 4.90 Å². The van der Waals surface area contributed by atoms with Crippen molar-refractivity contribution < 1.29 is 4.79 Å². The van der Waals surface area contributed by atoms with Gasteiger partial charge < -0.3 is 10.6 Å². The molecule has 0 spiro atoms. The second kappa shape index (κ2) is 6.55. The minimum absolute atomic E-state index is 0.292. The van der Waals surface area contributed by atoms with E-state index >= 15 is 0 Å². The Bertz CT molecular complexity index is 278. The molecule has 1 saturated carbocycles. The Kier molecular flexibility index (Phi) is 5.04. The van der Waals surface area contributed by atoms with Crippen LogP contribution in [0.25, 0.3) is 0 Å². The van der Waals surface area contributed by atoms with Crippen LogP contribution in [0.2, 0.25) is 0 Å². The molecule has 0 aromatic heterocycles. The Morgan fingerprint density at radius 3 is 2.83 bits per heavy atom. The van der Waals surface area contributed by atoms with E-state index in [1.165, 1.54) is 25.7 Å². The summed E-state index contributed by atoms with van der Waals surface area (Å²) in [5, 5.41) is 0.